The van der Waals surface area contributed by atoms with E-state index in [-0.39, 0.29) is 100 Å². The van der Waals surface area contributed by atoms with Gasteiger partial charge in [0.1, 0.15) is 78.0 Å². The maximum Gasteiger partial charge on any atom is 0.245 e. The highest BCUT2D eigenvalue weighted by atomic mass is 16.3. The fourth-order valence-corrected chi connectivity index (χ4v) is 10.8. The molecule has 2 aromatic carbocycles. The van der Waals surface area contributed by atoms with Crippen molar-refractivity contribution in [2.24, 2.45) is 67.9 Å². The first-order chi connectivity index (χ1) is 50.8. The Morgan fingerprint density at radius 2 is 0.852 bits per heavy atom. The minimum atomic E-state index is -1.91. The molecule has 14 amide bonds. The van der Waals surface area contributed by atoms with E-state index in [1.54, 1.807) is 27.7 Å². The summed E-state index contributed by atoms with van der Waals surface area (Å²) in [6.45, 7) is 12.1. The lowest BCUT2D eigenvalue weighted by molar-refractivity contribution is -0.138. The predicted molar refractivity (Wildman–Crippen MR) is 394 cm³/mol. The largest absolute Gasteiger partial charge is 0.508 e. The summed E-state index contributed by atoms with van der Waals surface area (Å²) >= 11 is 0. The summed E-state index contributed by atoms with van der Waals surface area (Å²) in [6, 6.07) is -5.67. The van der Waals surface area contributed by atoms with Crippen molar-refractivity contribution in [2.75, 3.05) is 13.1 Å². The zero-order chi connectivity index (χ0) is 81.1. The summed E-state index contributed by atoms with van der Waals surface area (Å²) in [6.07, 6.45) is -0.994. The van der Waals surface area contributed by atoms with Crippen LogP contribution >= 0.6 is 0 Å². The minimum Gasteiger partial charge on any atom is -0.508 e. The number of aliphatic imine (C=N–C) groups is 2. The molecule has 39 nitrogen and oxygen atoms in total. The van der Waals surface area contributed by atoms with Crippen molar-refractivity contribution in [2.45, 2.75) is 211 Å². The zero-order valence-corrected chi connectivity index (χ0v) is 62.0. The molecular formula is C69H108N22O17. The van der Waals surface area contributed by atoms with Gasteiger partial charge < -0.3 is 119 Å². The van der Waals surface area contributed by atoms with E-state index in [9.17, 15) is 82.4 Å². The van der Waals surface area contributed by atoms with Gasteiger partial charge in [0, 0.05) is 57.6 Å². The van der Waals surface area contributed by atoms with Gasteiger partial charge in [-0.25, -0.2) is 4.98 Å². The molecule has 0 radical (unpaired) electrons. The van der Waals surface area contributed by atoms with Crippen LogP contribution in [0.1, 0.15) is 136 Å². The lowest BCUT2D eigenvalue weighted by Gasteiger charge is -2.31. The Balaban J connectivity index is 1.95. The molecule has 108 heavy (non-hydrogen) atoms. The number of carbonyl (C=O) groups excluding carboxylic acids is 14. The molecule has 3 rings (SSSR count). The normalized spacial score (nSPS) is 14.9. The lowest BCUT2D eigenvalue weighted by Crippen LogP contribution is -2.63. The van der Waals surface area contributed by atoms with Crippen LogP contribution in [0.15, 0.2) is 71.0 Å². The molecule has 0 aliphatic heterocycles. The second-order valence-electron chi connectivity index (χ2n) is 26.8. The number of phenolic OH excluding ortho intramolecular Hbond substituents is 2. The maximum absolute atomic E-state index is 14.6. The molecule has 1 aromatic heterocycles. The number of carbonyl (C=O) groups is 14. The van der Waals surface area contributed by atoms with Crippen LogP contribution in [0, 0.1) is 17.8 Å². The van der Waals surface area contributed by atoms with Crippen molar-refractivity contribution >= 4 is 94.6 Å². The molecule has 0 saturated carbocycles. The van der Waals surface area contributed by atoms with Gasteiger partial charge in [0.05, 0.1) is 18.9 Å². The van der Waals surface area contributed by atoms with Gasteiger partial charge in [-0.1, -0.05) is 78.6 Å². The molecule has 0 bridgehead atoms. The molecule has 0 saturated heterocycles. The summed E-state index contributed by atoms with van der Waals surface area (Å²) < 4.78 is 0. The number of hydrogen-bond donors (Lipinski definition) is 22. The average Bonchev–Trinajstić information content (AvgIpc) is 0.929. The third kappa shape index (κ3) is 32.8. The number of aliphatic hydroxyl groups is 1. The SMILES string of the molecule is CCC(C)C[C@H](NC(=O)[C@H](CC(N)=O)NC(=O)[C@@H](NC(=O)[C@H](Cc1ccc(O)cc1)NC(=O)[C@H](Cc1cnc[nH]1)NC(C)=O)[C@@H](C)CC)C(=O)N[C@H](C(=O)N[C@H](C(=O)N[C@@H](CCCN=C(N)N)C(=O)N[C@@H](CCC(N)=O)C(=O)N[C@@H](CCCN=C(N)N)C(=O)N[C@@H](Cc1ccc(O)cc1)C(N)=O)[C@@H](C)O)C(C)C. The highest BCUT2D eigenvalue weighted by Crippen LogP contribution is 2.18. The number of rotatable bonds is 48. The van der Waals surface area contributed by atoms with Crippen molar-refractivity contribution in [1.29, 1.82) is 0 Å². The van der Waals surface area contributed by atoms with Crippen molar-refractivity contribution < 1.29 is 82.4 Å². The van der Waals surface area contributed by atoms with Crippen LogP contribution in [-0.4, -0.2) is 206 Å². The summed E-state index contributed by atoms with van der Waals surface area (Å²) in [4.78, 5) is 208. The van der Waals surface area contributed by atoms with Crippen LogP contribution in [0.2, 0.25) is 0 Å². The summed E-state index contributed by atoms with van der Waals surface area (Å²) in [7, 11) is 0. The molecule has 3 aromatic rings. The number of aliphatic hydroxyl groups excluding tert-OH is 1. The maximum atomic E-state index is 14.6. The highest BCUT2D eigenvalue weighted by Gasteiger charge is 2.39. The van der Waals surface area contributed by atoms with E-state index in [4.69, 9.17) is 40.1 Å². The first-order valence-corrected chi connectivity index (χ1v) is 35.3. The van der Waals surface area contributed by atoms with Crippen molar-refractivity contribution in [3.8, 4) is 11.5 Å². The van der Waals surface area contributed by atoms with Gasteiger partial charge in [-0.3, -0.25) is 77.1 Å². The van der Waals surface area contributed by atoms with Gasteiger partial charge in [0.15, 0.2) is 11.9 Å². The zero-order valence-electron chi connectivity index (χ0n) is 62.0. The van der Waals surface area contributed by atoms with Gasteiger partial charge in [0.25, 0.3) is 0 Å². The predicted octanol–water partition coefficient (Wildman–Crippen LogP) is -5.55. The summed E-state index contributed by atoms with van der Waals surface area (Å²) in [5.74, 6) is -16.2. The van der Waals surface area contributed by atoms with E-state index >= 15 is 0 Å². The Labute approximate surface area is 625 Å². The van der Waals surface area contributed by atoms with Gasteiger partial charge in [-0.2, -0.15) is 0 Å². The number of amides is 14. The van der Waals surface area contributed by atoms with Crippen molar-refractivity contribution in [3.63, 3.8) is 0 Å². The quantitative estimate of drug-likeness (QED) is 0.0142. The number of nitrogens with one attached hydrogen (secondary N) is 12. The Morgan fingerprint density at radius 1 is 0.454 bits per heavy atom. The minimum absolute atomic E-state index is 0.0307. The topological polar surface area (TPSA) is 668 Å². The van der Waals surface area contributed by atoms with Crippen LogP contribution in [0.25, 0.3) is 0 Å². The number of aromatic nitrogens is 2. The van der Waals surface area contributed by atoms with Gasteiger partial charge in [-0.05, 0) is 98.6 Å². The number of imidazole rings is 1. The van der Waals surface area contributed by atoms with Crippen LogP contribution in [-0.2, 0) is 86.4 Å². The number of benzene rings is 2. The van der Waals surface area contributed by atoms with E-state index in [2.05, 4.69) is 78.4 Å². The number of phenols is 2. The Bertz CT molecular complexity index is 3590. The summed E-state index contributed by atoms with van der Waals surface area (Å²) in [5, 5.41) is 58.8. The second kappa shape index (κ2) is 45.6. The van der Waals surface area contributed by atoms with Gasteiger partial charge >= 0.3 is 0 Å². The number of hydrogen-bond acceptors (Lipinski definition) is 20. The molecule has 1 unspecified atom stereocenters. The van der Waals surface area contributed by atoms with E-state index in [0.29, 0.717) is 23.2 Å². The third-order valence-electron chi connectivity index (χ3n) is 17.3. The molecule has 0 aliphatic rings. The van der Waals surface area contributed by atoms with Crippen LogP contribution in [0.5, 0.6) is 11.5 Å². The molecule has 0 spiro atoms. The number of H-pyrrole nitrogens is 1. The van der Waals surface area contributed by atoms with E-state index in [0.717, 1.165) is 6.92 Å². The van der Waals surface area contributed by atoms with Gasteiger partial charge in [-0.15, -0.1) is 0 Å². The fourth-order valence-electron chi connectivity index (χ4n) is 10.8. The number of aromatic amines is 1. The van der Waals surface area contributed by atoms with Crippen LogP contribution < -0.4 is 98.6 Å². The summed E-state index contributed by atoms with van der Waals surface area (Å²) in [5.41, 5.74) is 40.3. The fraction of sp³-hybridized carbons (Fsp3) is 0.551. The number of nitrogens with two attached hydrogens (primary N) is 7. The number of aromatic hydroxyl groups is 2. The molecule has 596 valence electrons. The van der Waals surface area contributed by atoms with E-state index in [1.807, 2.05) is 0 Å². The first kappa shape index (κ1) is 90.5. The molecule has 29 N–H and O–H groups in total. The molecule has 39 heteroatoms. The Morgan fingerprint density at radius 3 is 1.30 bits per heavy atom. The van der Waals surface area contributed by atoms with Crippen molar-refractivity contribution in [3.05, 3.63) is 77.9 Å². The average molecular weight is 1520 g/mol. The number of primary amides is 3. The van der Waals surface area contributed by atoms with Crippen LogP contribution in [0.3, 0.4) is 0 Å². The Kier molecular flexibility index (Phi) is 38.3. The highest BCUT2D eigenvalue weighted by molar-refractivity contribution is 6.00. The monoisotopic (exact) mass is 1520 g/mol. The third-order valence-corrected chi connectivity index (χ3v) is 17.3. The lowest BCUT2D eigenvalue weighted by atomic mass is 9.95. The van der Waals surface area contributed by atoms with Gasteiger partial charge in [0.2, 0.25) is 82.7 Å². The van der Waals surface area contributed by atoms with Crippen LogP contribution in [0.4, 0.5) is 0 Å². The molecule has 0 aliphatic carbocycles. The van der Waals surface area contributed by atoms with E-state index in [1.165, 1.54) is 81.8 Å². The molecule has 1 heterocycles. The number of guanidine groups is 2. The molecule has 0 fully saturated rings. The number of nitrogens with zero attached hydrogens (tertiary/aromatic N) is 3. The molecular weight excluding hydrogens is 1410 g/mol. The Hall–Kier alpha value is -11.7. The molecule has 14 atom stereocenters. The first-order valence-electron chi connectivity index (χ1n) is 35.3. The van der Waals surface area contributed by atoms with Crippen molar-refractivity contribution in [1.82, 2.24) is 68.5 Å². The standard InChI is InChI=1S/C69H108N22O17/c1-9-35(5)27-48(86-62(103)51(31-53(71)97)88-66(107)55(36(6)10-2)90-64(105)49(29-40-17-21-43(95)22-18-40)87-61(102)50(81-38(8)93)30-41-32-77-33-80-41)63(104)89-54(34(3)4)65(106)91-56(37(7)92)67(108)84-45(14-12-26-79-69(75)76)58(99)83-46(23-24-52(70)96)60(101)82-44(13-11-25-78-68(73)74)59(100)85-47(57(72)98)28-39-15-19-42(94)20-16-39/h15-22,32-37,44-51,54-56,92,94-95H,9-14,23-31H2,1-8H3,(H2,70,96)(H2,71,97)(H2,72,98)(H,77,80)(H,81,93)(H,82,101)(H,83,99)(H,84,108)(H,85,100)(H,86,103)(H,87,102)(H,88,107)(H,89,104)(H,90,105)(H,91,106)(H4,73,74,78)(H4,75,76,79)/t35?,36-,37+,44-,45-,46-,47-,48-,49-,50-,51-,54-,55-,56-/m0/s1. The smallest absolute Gasteiger partial charge is 0.245 e. The van der Waals surface area contributed by atoms with E-state index < -0.39 is 186 Å². The second-order valence-corrected chi connectivity index (χ2v) is 26.8.